The van der Waals surface area contributed by atoms with Crippen molar-refractivity contribution >= 4 is 36.8 Å². The second kappa shape index (κ2) is 40.5. The van der Waals surface area contributed by atoms with Crippen LogP contribution >= 0.6 is 0 Å². The van der Waals surface area contributed by atoms with Gasteiger partial charge in [-0.15, -0.1) is 0 Å². The summed E-state index contributed by atoms with van der Waals surface area (Å²) in [5, 5.41) is 96.4. The normalized spacial score (nSPS) is 9.88. The van der Waals surface area contributed by atoms with Crippen LogP contribution < -0.4 is 49.6 Å². The summed E-state index contributed by atoms with van der Waals surface area (Å²) in [6.45, 7) is 9.60. The summed E-state index contributed by atoms with van der Waals surface area (Å²) in [6, 6.07) is 19.4. The van der Waals surface area contributed by atoms with Crippen molar-refractivity contribution in [3.8, 4) is 46.0 Å². The molecule has 0 saturated carbocycles. The summed E-state index contributed by atoms with van der Waals surface area (Å²) >= 11 is 0. The molecule has 0 aromatic heterocycles. The third-order valence-electron chi connectivity index (χ3n) is 7.06. The third kappa shape index (κ3) is 28.8. The van der Waals surface area contributed by atoms with Gasteiger partial charge in [0.1, 0.15) is 23.0 Å². The van der Waals surface area contributed by atoms with E-state index in [4.69, 9.17) is 29.2 Å². The van der Waals surface area contributed by atoms with E-state index in [2.05, 4.69) is 20.4 Å². The molecule has 20 nitrogen and oxygen atoms in total. The fourth-order valence-electron chi connectivity index (χ4n) is 3.56. The van der Waals surface area contributed by atoms with Crippen molar-refractivity contribution in [1.29, 1.82) is 0 Å². The second-order valence-electron chi connectivity index (χ2n) is 13.6. The summed E-state index contributed by atoms with van der Waals surface area (Å²) in [4.78, 5) is 19.8. The molecule has 0 bridgehead atoms. The van der Waals surface area contributed by atoms with Gasteiger partial charge in [0.25, 0.3) is 0 Å². The Balaban J connectivity index is -0.000000150. The number of benzene rings is 4. The molecule has 67 heavy (non-hydrogen) atoms. The van der Waals surface area contributed by atoms with Crippen molar-refractivity contribution < 1.29 is 131 Å². The largest absolute Gasteiger partial charge is 2.00 e. The second-order valence-corrected chi connectivity index (χ2v) is 13.6. The van der Waals surface area contributed by atoms with E-state index in [9.17, 15) is 40.2 Å². The first kappa shape index (κ1) is 75.6. The zero-order valence-electron chi connectivity index (χ0n) is 38.8. The van der Waals surface area contributed by atoms with E-state index >= 15 is 0 Å². The standard InChI is InChI=1S/2C16H16N2O4.2C5H10O2.2CH4O.3Co.2H2O/c2*1-21-13-7-3-5-11(15(13)19)9-17-18-10-12-6-4-8-14(22-2)16(12)20;2*1-5(2,3)4(6)7;2*1-2;;;;;/h2*3-10,19-20H,1-2H3;2*1-3H3,(H,6,7);2*2H,1H3;;;;2*1H2/q;;;;;;3*+2;;/p-6/b2*17-9+,18-10+;;;;;;;;;. The number of carbonyl (C=O) groups is 2. The number of carbonyl (C=O) groups excluding carboxylic acids is 2. The Hall–Kier alpha value is -5.74. The predicted molar refractivity (Wildman–Crippen MR) is 233 cm³/mol. The van der Waals surface area contributed by atoms with Gasteiger partial charge in [-0.05, 0) is 46.5 Å². The number of nitrogens with zero attached hydrogens (tertiary/aromatic N) is 4. The number of carboxylic acid groups (broad SMARTS) is 2. The molecule has 3 radical (unpaired) electrons. The molecule has 0 heterocycles. The molecule has 0 aliphatic carbocycles. The van der Waals surface area contributed by atoms with Gasteiger partial charge in [-0.1, -0.05) is 113 Å². The van der Waals surface area contributed by atoms with E-state index in [1.54, 1.807) is 114 Å². The van der Waals surface area contributed by atoms with Gasteiger partial charge in [-0.25, -0.2) is 0 Å². The van der Waals surface area contributed by atoms with Gasteiger partial charge < -0.3 is 80.3 Å². The van der Waals surface area contributed by atoms with Crippen molar-refractivity contribution in [2.24, 2.45) is 31.2 Å². The van der Waals surface area contributed by atoms with E-state index in [1.165, 1.54) is 53.3 Å². The van der Waals surface area contributed by atoms with Crippen molar-refractivity contribution in [3.05, 3.63) is 95.1 Å². The molecule has 377 valence electrons. The van der Waals surface area contributed by atoms with Crippen molar-refractivity contribution in [2.45, 2.75) is 41.5 Å². The summed E-state index contributed by atoms with van der Waals surface area (Å²) in [5.41, 5.74) is 0.0166. The minimum atomic E-state index is -1.01. The molecule has 0 spiro atoms. The van der Waals surface area contributed by atoms with Gasteiger partial charge in [-0.3, -0.25) is 0 Å². The van der Waals surface area contributed by atoms with Crippen LogP contribution in [0.3, 0.4) is 0 Å². The van der Waals surface area contributed by atoms with Gasteiger partial charge in [-0.2, -0.15) is 20.4 Å². The molecule has 0 aliphatic heterocycles. The average molecular weight is 1080 g/mol. The molecule has 6 N–H and O–H groups in total. The van der Waals surface area contributed by atoms with Crippen LogP contribution in [-0.2, 0) is 59.9 Å². The van der Waals surface area contributed by atoms with Crippen molar-refractivity contribution in [3.63, 3.8) is 0 Å². The molecule has 0 atom stereocenters. The monoisotopic (exact) mass is 1080 g/mol. The minimum Gasteiger partial charge on any atom is -0.870 e. The number of carboxylic acids is 2. The number of para-hydroxylation sites is 4. The Morgan fingerprint density at radius 2 is 0.582 bits per heavy atom. The number of aliphatic hydroxyl groups is 2. The van der Waals surface area contributed by atoms with Crippen LogP contribution in [0.1, 0.15) is 63.8 Å². The van der Waals surface area contributed by atoms with Crippen LogP contribution in [-0.4, -0.2) is 101 Å². The van der Waals surface area contributed by atoms with E-state index in [1.807, 2.05) is 0 Å². The molecule has 0 aliphatic rings. The molecule has 0 saturated heterocycles. The summed E-state index contributed by atoms with van der Waals surface area (Å²) < 4.78 is 19.7. The quantitative estimate of drug-likeness (QED) is 0.153. The van der Waals surface area contributed by atoms with Crippen LogP contribution in [0.4, 0.5) is 0 Å². The Kier molecular flexibility index (Phi) is 45.7. The zero-order chi connectivity index (χ0) is 48.1. The number of methoxy groups -OCH3 is 4. The number of aliphatic hydroxyl groups excluding tert-OH is 2. The average Bonchev–Trinajstić information content (AvgIpc) is 3.24. The molecule has 4 rings (SSSR count). The topological polar surface area (TPSA) is 362 Å². The molecule has 4 aromatic rings. The molecular formula is C44H58Co3N4O16. The number of ether oxygens (including phenoxy) is 4. The van der Waals surface area contributed by atoms with Crippen LogP contribution in [0.15, 0.2) is 93.2 Å². The Labute approximate surface area is 422 Å². The van der Waals surface area contributed by atoms with E-state index in [-0.39, 0.29) is 107 Å². The number of hydrogen-bond donors (Lipinski definition) is 2. The predicted octanol–water partition coefficient (Wildman–Crippen LogP) is -0.267. The summed E-state index contributed by atoms with van der Waals surface area (Å²) in [7, 11) is 7.70. The summed E-state index contributed by atoms with van der Waals surface area (Å²) in [5.74, 6) is -2.13. The molecule has 0 amide bonds. The fraction of sp³-hybridized carbons (Fsp3) is 0.318. The molecule has 23 heteroatoms. The van der Waals surface area contributed by atoms with Gasteiger partial charge >= 0.3 is 50.3 Å². The first-order chi connectivity index (χ1) is 29.2. The van der Waals surface area contributed by atoms with Crippen LogP contribution in [0.25, 0.3) is 0 Å². The third-order valence-corrected chi connectivity index (χ3v) is 7.06. The maximum atomic E-state index is 11.9. The summed E-state index contributed by atoms with van der Waals surface area (Å²) in [6.07, 6.45) is 5.25. The smallest absolute Gasteiger partial charge is 0.870 e. The Bertz CT molecular complexity index is 1820. The maximum Gasteiger partial charge on any atom is 2.00 e. The van der Waals surface area contributed by atoms with Gasteiger partial charge in [0.2, 0.25) is 0 Å². The van der Waals surface area contributed by atoms with Gasteiger partial charge in [0.05, 0.1) is 53.3 Å². The first-order valence-corrected chi connectivity index (χ1v) is 18.0. The van der Waals surface area contributed by atoms with Gasteiger partial charge in [0, 0.05) is 37.0 Å². The van der Waals surface area contributed by atoms with Crippen molar-refractivity contribution in [1.82, 2.24) is 0 Å². The van der Waals surface area contributed by atoms with Gasteiger partial charge in [0.15, 0.2) is 0 Å². The van der Waals surface area contributed by atoms with Crippen LogP contribution in [0.5, 0.6) is 46.0 Å². The van der Waals surface area contributed by atoms with Crippen molar-refractivity contribution in [2.75, 3.05) is 42.7 Å². The number of hydrogen-bond acceptors (Lipinski definition) is 18. The Morgan fingerprint density at radius 1 is 0.433 bits per heavy atom. The number of rotatable bonds is 10. The van der Waals surface area contributed by atoms with E-state index < -0.39 is 22.8 Å². The minimum absolute atomic E-state index is 0. The number of aliphatic carboxylic acids is 2. The molecule has 0 fully saturated rings. The van der Waals surface area contributed by atoms with E-state index in [0.29, 0.717) is 22.3 Å². The Morgan fingerprint density at radius 3 is 0.701 bits per heavy atom. The van der Waals surface area contributed by atoms with Crippen LogP contribution in [0, 0.1) is 10.8 Å². The fourth-order valence-corrected chi connectivity index (χ4v) is 3.56. The zero-order valence-corrected chi connectivity index (χ0v) is 41.9. The molecule has 4 aromatic carbocycles. The maximum absolute atomic E-state index is 11.9. The SMILES string of the molecule is CC(C)(C)C(=O)[O-].CC(C)(C)C(=O)[O-].CO.CO.COc1cccc(/C=N/N=C/c2cccc(OC)c2[O-])c1[O-].COc1cccc(/C=N/N=C/c2cccc(OC)c2[O-])c1[O-].O.O.[Co+2].[Co+2].[Co+2]. The molecular weight excluding hydrogens is 1020 g/mol. The van der Waals surface area contributed by atoms with Crippen LogP contribution in [0.2, 0.25) is 0 Å². The molecule has 0 unspecified atom stereocenters. The van der Waals surface area contributed by atoms with E-state index in [0.717, 1.165) is 14.2 Å². The first-order valence-electron chi connectivity index (χ1n) is 18.0.